The number of amides is 1. The number of carbonyl (C=O) groups is 1. The Morgan fingerprint density at radius 1 is 1.21 bits per heavy atom. The molecule has 1 atom stereocenters. The van der Waals surface area contributed by atoms with Gasteiger partial charge >= 0.3 is 0 Å². The van der Waals surface area contributed by atoms with Crippen molar-refractivity contribution in [3.05, 3.63) is 29.8 Å². The molecule has 0 aromatic heterocycles. The van der Waals surface area contributed by atoms with Crippen LogP contribution < -0.4 is 4.72 Å². The fourth-order valence-corrected chi connectivity index (χ4v) is 3.85. The third-order valence-electron chi connectivity index (χ3n) is 3.96. The third-order valence-corrected chi connectivity index (χ3v) is 5.44. The predicted molar refractivity (Wildman–Crippen MR) is 92.1 cm³/mol. The van der Waals surface area contributed by atoms with E-state index in [0.29, 0.717) is 32.7 Å². The first kappa shape index (κ1) is 18.9. The standard InChI is InChI=1S/C17H26N2O4S/c1-13(2)12-16(17(20)19-8-10-23-11-9-19)18-24(21,22)15-6-4-14(3)5-7-15/h4-7,13,16,18H,8-12H2,1-3H3/t16-/m0/s1. The Morgan fingerprint density at radius 2 is 1.79 bits per heavy atom. The summed E-state index contributed by atoms with van der Waals surface area (Å²) in [5.41, 5.74) is 0.983. The van der Waals surface area contributed by atoms with Gasteiger partial charge in [-0.1, -0.05) is 31.5 Å². The first-order chi connectivity index (χ1) is 11.3. The Hall–Kier alpha value is -1.44. The lowest BCUT2D eigenvalue weighted by Gasteiger charge is -2.31. The summed E-state index contributed by atoms with van der Waals surface area (Å²) < 4.78 is 33.1. The summed E-state index contributed by atoms with van der Waals surface area (Å²) in [6, 6.07) is 5.85. The lowest BCUT2D eigenvalue weighted by atomic mass is 10.0. The van der Waals surface area contributed by atoms with E-state index < -0.39 is 16.1 Å². The Balaban J connectivity index is 2.17. The van der Waals surface area contributed by atoms with Crippen molar-refractivity contribution in [3.8, 4) is 0 Å². The molecule has 1 aromatic rings. The largest absolute Gasteiger partial charge is 0.378 e. The van der Waals surface area contributed by atoms with Crippen LogP contribution in [0.2, 0.25) is 0 Å². The number of hydrogen-bond acceptors (Lipinski definition) is 4. The number of nitrogens with one attached hydrogen (secondary N) is 1. The van der Waals surface area contributed by atoms with E-state index in [1.54, 1.807) is 29.2 Å². The van der Waals surface area contributed by atoms with E-state index in [1.165, 1.54) is 0 Å². The van der Waals surface area contributed by atoms with Crippen molar-refractivity contribution in [2.24, 2.45) is 5.92 Å². The monoisotopic (exact) mass is 354 g/mol. The van der Waals surface area contributed by atoms with Gasteiger partial charge in [0.1, 0.15) is 6.04 Å². The van der Waals surface area contributed by atoms with Crippen molar-refractivity contribution in [2.45, 2.75) is 38.1 Å². The highest BCUT2D eigenvalue weighted by Gasteiger charge is 2.30. The van der Waals surface area contributed by atoms with Crippen LogP contribution in [0.25, 0.3) is 0 Å². The second-order valence-electron chi connectivity index (χ2n) is 6.55. The minimum Gasteiger partial charge on any atom is -0.378 e. The summed E-state index contributed by atoms with van der Waals surface area (Å²) in [5, 5.41) is 0. The second-order valence-corrected chi connectivity index (χ2v) is 8.27. The molecule has 1 aliphatic rings. The number of carbonyl (C=O) groups excluding carboxylic acids is 1. The molecule has 134 valence electrons. The van der Waals surface area contributed by atoms with E-state index in [9.17, 15) is 13.2 Å². The molecule has 1 saturated heterocycles. The molecule has 0 radical (unpaired) electrons. The fourth-order valence-electron chi connectivity index (χ4n) is 2.65. The summed E-state index contributed by atoms with van der Waals surface area (Å²) >= 11 is 0. The number of sulfonamides is 1. The maximum absolute atomic E-state index is 12.7. The highest BCUT2D eigenvalue weighted by atomic mass is 32.2. The predicted octanol–water partition coefficient (Wildman–Crippen LogP) is 1.55. The molecule has 0 unspecified atom stereocenters. The maximum Gasteiger partial charge on any atom is 0.241 e. The third kappa shape index (κ3) is 5.03. The summed E-state index contributed by atoms with van der Waals surface area (Å²) in [6.45, 7) is 7.82. The number of nitrogens with zero attached hydrogens (tertiary/aromatic N) is 1. The molecule has 0 aliphatic carbocycles. The molecule has 7 heteroatoms. The zero-order valence-corrected chi connectivity index (χ0v) is 15.3. The van der Waals surface area contributed by atoms with Gasteiger partial charge < -0.3 is 9.64 Å². The minimum absolute atomic E-state index is 0.177. The molecule has 0 saturated carbocycles. The molecule has 0 bridgehead atoms. The Labute approximate surface area is 144 Å². The van der Waals surface area contributed by atoms with Gasteiger partial charge in [-0.2, -0.15) is 4.72 Å². The zero-order valence-electron chi connectivity index (χ0n) is 14.5. The number of benzene rings is 1. The normalized spacial score (nSPS) is 17.1. The molecule has 1 fully saturated rings. The van der Waals surface area contributed by atoms with Gasteiger partial charge in [0, 0.05) is 13.1 Å². The number of aryl methyl sites for hydroxylation is 1. The summed E-state index contributed by atoms with van der Waals surface area (Å²) in [7, 11) is -3.73. The van der Waals surface area contributed by atoms with Crippen molar-refractivity contribution in [3.63, 3.8) is 0 Å². The van der Waals surface area contributed by atoms with Crippen LogP contribution in [0, 0.1) is 12.8 Å². The van der Waals surface area contributed by atoms with Crippen LogP contribution in [-0.4, -0.2) is 51.6 Å². The highest BCUT2D eigenvalue weighted by Crippen LogP contribution is 2.15. The van der Waals surface area contributed by atoms with Gasteiger partial charge in [0.05, 0.1) is 18.1 Å². The molecule has 1 amide bonds. The lowest BCUT2D eigenvalue weighted by molar-refractivity contribution is -0.137. The van der Waals surface area contributed by atoms with Gasteiger partial charge in [0.2, 0.25) is 15.9 Å². The smallest absolute Gasteiger partial charge is 0.241 e. The van der Waals surface area contributed by atoms with E-state index in [1.807, 2.05) is 20.8 Å². The quantitative estimate of drug-likeness (QED) is 0.841. The molecule has 1 heterocycles. The van der Waals surface area contributed by atoms with E-state index >= 15 is 0 Å². The van der Waals surface area contributed by atoms with E-state index in [0.717, 1.165) is 5.56 Å². The number of ether oxygens (including phenoxy) is 1. The lowest BCUT2D eigenvalue weighted by Crippen LogP contribution is -2.52. The van der Waals surface area contributed by atoms with Gasteiger partial charge in [-0.15, -0.1) is 0 Å². The van der Waals surface area contributed by atoms with Crippen molar-refractivity contribution >= 4 is 15.9 Å². The maximum atomic E-state index is 12.7. The van der Waals surface area contributed by atoms with Gasteiger partial charge in [-0.25, -0.2) is 8.42 Å². The van der Waals surface area contributed by atoms with Gasteiger partial charge in [-0.05, 0) is 31.4 Å². The number of morpholine rings is 1. The summed E-state index contributed by atoms with van der Waals surface area (Å²) in [5.74, 6) is 0.0170. The van der Waals surface area contributed by atoms with Crippen molar-refractivity contribution in [2.75, 3.05) is 26.3 Å². The molecule has 24 heavy (non-hydrogen) atoms. The SMILES string of the molecule is Cc1ccc(S(=O)(=O)N[C@@H](CC(C)C)C(=O)N2CCOCC2)cc1. The Kier molecular flexibility index (Phi) is 6.37. The molecule has 1 aromatic carbocycles. The molecular formula is C17H26N2O4S. The van der Waals surface area contributed by atoms with Crippen molar-refractivity contribution in [1.82, 2.24) is 9.62 Å². The molecule has 1 aliphatic heterocycles. The molecule has 0 spiro atoms. The second kappa shape index (κ2) is 8.09. The summed E-state index contributed by atoms with van der Waals surface area (Å²) in [6.07, 6.45) is 0.460. The van der Waals surface area contributed by atoms with Crippen LogP contribution in [0.3, 0.4) is 0 Å². The van der Waals surface area contributed by atoms with Crippen LogP contribution >= 0.6 is 0 Å². The first-order valence-corrected chi connectivity index (χ1v) is 9.73. The average Bonchev–Trinajstić information content (AvgIpc) is 2.54. The molecule has 1 N–H and O–H groups in total. The number of rotatable bonds is 6. The molecule has 2 rings (SSSR count). The number of hydrogen-bond donors (Lipinski definition) is 1. The van der Waals surface area contributed by atoms with Crippen LogP contribution in [0.4, 0.5) is 0 Å². The fraction of sp³-hybridized carbons (Fsp3) is 0.588. The Morgan fingerprint density at radius 3 is 2.33 bits per heavy atom. The van der Waals surface area contributed by atoms with E-state index in [-0.39, 0.29) is 16.7 Å². The van der Waals surface area contributed by atoms with Crippen LogP contribution in [0.5, 0.6) is 0 Å². The van der Waals surface area contributed by atoms with Gasteiger partial charge in [0.15, 0.2) is 0 Å². The van der Waals surface area contributed by atoms with Crippen LogP contribution in [0.15, 0.2) is 29.2 Å². The first-order valence-electron chi connectivity index (χ1n) is 8.25. The summed E-state index contributed by atoms with van der Waals surface area (Å²) in [4.78, 5) is 14.6. The molecular weight excluding hydrogens is 328 g/mol. The average molecular weight is 354 g/mol. The van der Waals surface area contributed by atoms with E-state index in [2.05, 4.69) is 4.72 Å². The van der Waals surface area contributed by atoms with Gasteiger partial charge in [-0.3, -0.25) is 4.79 Å². The molecule has 6 nitrogen and oxygen atoms in total. The van der Waals surface area contributed by atoms with Crippen LogP contribution in [0.1, 0.15) is 25.8 Å². The van der Waals surface area contributed by atoms with Crippen molar-refractivity contribution in [1.29, 1.82) is 0 Å². The van der Waals surface area contributed by atoms with E-state index in [4.69, 9.17) is 4.74 Å². The zero-order chi connectivity index (χ0) is 17.7. The minimum atomic E-state index is -3.73. The van der Waals surface area contributed by atoms with Crippen LogP contribution in [-0.2, 0) is 19.6 Å². The topological polar surface area (TPSA) is 75.7 Å². The van der Waals surface area contributed by atoms with Gasteiger partial charge in [0.25, 0.3) is 0 Å². The van der Waals surface area contributed by atoms with Crippen molar-refractivity contribution < 1.29 is 17.9 Å². The highest BCUT2D eigenvalue weighted by molar-refractivity contribution is 7.89. The Bertz CT molecular complexity index is 650.